The minimum absolute atomic E-state index is 0.412. The molecule has 0 saturated heterocycles. The van der Waals surface area contributed by atoms with Gasteiger partial charge in [0, 0.05) is 17.5 Å². The fraction of sp³-hybridized carbons (Fsp3) is 0.571. The zero-order chi connectivity index (χ0) is 13.8. The van der Waals surface area contributed by atoms with Crippen LogP contribution in [0.15, 0.2) is 12.4 Å². The highest BCUT2D eigenvalue weighted by Gasteiger charge is 2.16. The molecule has 4 nitrogen and oxygen atoms in total. The van der Waals surface area contributed by atoms with E-state index in [1.165, 1.54) is 10.3 Å². The first-order chi connectivity index (χ1) is 9.17. The monoisotopic (exact) mass is 278 g/mol. The van der Waals surface area contributed by atoms with E-state index >= 15 is 0 Å². The van der Waals surface area contributed by atoms with Gasteiger partial charge in [0.05, 0.1) is 5.39 Å². The van der Waals surface area contributed by atoms with Crippen LogP contribution in [0, 0.1) is 0 Å². The van der Waals surface area contributed by atoms with Crippen LogP contribution in [0.5, 0.6) is 0 Å². The van der Waals surface area contributed by atoms with Gasteiger partial charge in [0.25, 0.3) is 0 Å². The van der Waals surface area contributed by atoms with Gasteiger partial charge in [0.1, 0.15) is 17.0 Å². The molecule has 0 radical (unpaired) electrons. The van der Waals surface area contributed by atoms with E-state index in [2.05, 4.69) is 41.7 Å². The molecule has 0 bridgehead atoms. The fourth-order valence-corrected chi connectivity index (χ4v) is 3.10. The second-order valence-corrected chi connectivity index (χ2v) is 6.03. The van der Waals surface area contributed by atoms with Gasteiger partial charge in [-0.15, -0.1) is 11.3 Å². The maximum atomic E-state index is 5.64. The van der Waals surface area contributed by atoms with Crippen molar-refractivity contribution in [3.8, 4) is 0 Å². The van der Waals surface area contributed by atoms with Crippen molar-refractivity contribution in [1.29, 1.82) is 0 Å². The summed E-state index contributed by atoms with van der Waals surface area (Å²) >= 11 is 1.76. The van der Waals surface area contributed by atoms with Crippen molar-refractivity contribution in [3.63, 3.8) is 0 Å². The molecule has 2 N–H and O–H groups in total. The maximum Gasteiger partial charge on any atom is 0.141 e. The van der Waals surface area contributed by atoms with Crippen LogP contribution in [-0.2, 0) is 6.42 Å². The molecule has 2 aromatic heterocycles. The number of nitrogens with zero attached hydrogens (tertiary/aromatic N) is 3. The molecule has 0 aliphatic heterocycles. The summed E-state index contributed by atoms with van der Waals surface area (Å²) in [4.78, 5) is 13.7. The van der Waals surface area contributed by atoms with Gasteiger partial charge in [-0.3, -0.25) is 0 Å². The van der Waals surface area contributed by atoms with Crippen LogP contribution < -0.4 is 10.6 Å². The van der Waals surface area contributed by atoms with Crippen molar-refractivity contribution < 1.29 is 0 Å². The Hall–Kier alpha value is -1.20. The van der Waals surface area contributed by atoms with Crippen LogP contribution in [-0.4, -0.2) is 29.1 Å². The summed E-state index contributed by atoms with van der Waals surface area (Å²) in [7, 11) is 0. The fourth-order valence-electron chi connectivity index (χ4n) is 2.17. The Morgan fingerprint density at radius 3 is 2.79 bits per heavy atom. The van der Waals surface area contributed by atoms with Crippen molar-refractivity contribution >= 4 is 27.4 Å². The van der Waals surface area contributed by atoms with E-state index < -0.39 is 0 Å². The second kappa shape index (κ2) is 6.30. The molecule has 19 heavy (non-hydrogen) atoms. The third-order valence-electron chi connectivity index (χ3n) is 3.21. The van der Waals surface area contributed by atoms with Crippen LogP contribution in [0.2, 0.25) is 0 Å². The lowest BCUT2D eigenvalue weighted by Crippen LogP contribution is -2.33. The number of fused-ring (bicyclic) bond motifs is 1. The van der Waals surface area contributed by atoms with Gasteiger partial charge in [-0.05, 0) is 39.3 Å². The van der Waals surface area contributed by atoms with Crippen LogP contribution in [0.3, 0.4) is 0 Å². The van der Waals surface area contributed by atoms with E-state index in [-0.39, 0.29) is 0 Å². The smallest absolute Gasteiger partial charge is 0.141 e. The predicted molar refractivity (Wildman–Crippen MR) is 82.9 cm³/mol. The first-order valence-corrected chi connectivity index (χ1v) is 7.69. The SMILES string of the molecule is CCc1cc2c(N(CCCN)C(C)C)ncnc2s1. The Kier molecular flexibility index (Phi) is 4.71. The Morgan fingerprint density at radius 2 is 2.16 bits per heavy atom. The van der Waals surface area contributed by atoms with Gasteiger partial charge in [-0.25, -0.2) is 9.97 Å². The lowest BCUT2D eigenvalue weighted by molar-refractivity contribution is 0.651. The highest BCUT2D eigenvalue weighted by atomic mass is 32.1. The zero-order valence-electron chi connectivity index (χ0n) is 11.9. The van der Waals surface area contributed by atoms with Crippen LogP contribution in [0.25, 0.3) is 10.2 Å². The molecule has 0 amide bonds. The molecule has 104 valence electrons. The first kappa shape index (κ1) is 14.2. The van der Waals surface area contributed by atoms with Gasteiger partial charge in [-0.2, -0.15) is 0 Å². The molecule has 0 atom stereocenters. The van der Waals surface area contributed by atoms with E-state index in [9.17, 15) is 0 Å². The largest absolute Gasteiger partial charge is 0.354 e. The third-order valence-corrected chi connectivity index (χ3v) is 4.39. The summed E-state index contributed by atoms with van der Waals surface area (Å²) in [6, 6.07) is 2.64. The molecule has 0 spiro atoms. The van der Waals surface area contributed by atoms with Gasteiger partial charge < -0.3 is 10.6 Å². The van der Waals surface area contributed by atoms with Crippen LogP contribution in [0.1, 0.15) is 32.1 Å². The molecule has 2 heterocycles. The number of aromatic nitrogens is 2. The molecule has 0 aromatic carbocycles. The number of thiophene rings is 1. The summed E-state index contributed by atoms with van der Waals surface area (Å²) in [5, 5.41) is 1.18. The third kappa shape index (κ3) is 3.04. The van der Waals surface area contributed by atoms with Crippen molar-refractivity contribution in [3.05, 3.63) is 17.3 Å². The molecule has 5 heteroatoms. The normalized spacial score (nSPS) is 11.4. The Labute approximate surface area is 118 Å². The van der Waals surface area contributed by atoms with Crippen molar-refractivity contribution in [2.45, 2.75) is 39.7 Å². The van der Waals surface area contributed by atoms with Crippen molar-refractivity contribution in [2.24, 2.45) is 5.73 Å². The molecule has 2 rings (SSSR count). The van der Waals surface area contributed by atoms with E-state index in [1.807, 2.05) is 0 Å². The average Bonchev–Trinajstić information content (AvgIpc) is 2.82. The van der Waals surface area contributed by atoms with E-state index in [0.717, 1.165) is 30.0 Å². The van der Waals surface area contributed by atoms with Crippen molar-refractivity contribution in [2.75, 3.05) is 18.0 Å². The highest BCUT2D eigenvalue weighted by Crippen LogP contribution is 2.31. The number of hydrogen-bond donors (Lipinski definition) is 1. The number of nitrogens with two attached hydrogens (primary N) is 1. The molecule has 0 saturated carbocycles. The minimum Gasteiger partial charge on any atom is -0.354 e. The van der Waals surface area contributed by atoms with Crippen LogP contribution in [0.4, 0.5) is 5.82 Å². The van der Waals surface area contributed by atoms with Gasteiger partial charge >= 0.3 is 0 Å². The zero-order valence-corrected chi connectivity index (χ0v) is 12.7. The van der Waals surface area contributed by atoms with E-state index in [4.69, 9.17) is 5.73 Å². The Balaban J connectivity index is 2.43. The Morgan fingerprint density at radius 1 is 1.37 bits per heavy atom. The molecule has 0 unspecified atom stereocenters. The summed E-state index contributed by atoms with van der Waals surface area (Å²) in [6.45, 7) is 8.21. The van der Waals surface area contributed by atoms with E-state index in [0.29, 0.717) is 12.6 Å². The number of rotatable bonds is 6. The quantitative estimate of drug-likeness (QED) is 0.883. The second-order valence-electron chi connectivity index (χ2n) is 4.91. The summed E-state index contributed by atoms with van der Waals surface area (Å²) < 4.78 is 0. The van der Waals surface area contributed by atoms with Gasteiger partial charge in [0.2, 0.25) is 0 Å². The van der Waals surface area contributed by atoms with Crippen LogP contribution >= 0.6 is 11.3 Å². The topological polar surface area (TPSA) is 55.0 Å². The summed E-state index contributed by atoms with van der Waals surface area (Å²) in [5.41, 5.74) is 5.64. The molecular weight excluding hydrogens is 256 g/mol. The van der Waals surface area contributed by atoms with E-state index in [1.54, 1.807) is 17.7 Å². The molecule has 0 aliphatic carbocycles. The first-order valence-electron chi connectivity index (χ1n) is 6.87. The summed E-state index contributed by atoms with van der Waals surface area (Å²) in [6.07, 6.45) is 3.70. The van der Waals surface area contributed by atoms with Gasteiger partial charge in [-0.1, -0.05) is 6.92 Å². The number of hydrogen-bond acceptors (Lipinski definition) is 5. The summed E-state index contributed by atoms with van der Waals surface area (Å²) in [5.74, 6) is 1.05. The Bertz CT molecular complexity index is 535. The standard InChI is InChI=1S/C14H22N4S/c1-4-11-8-12-13(16-9-17-14(12)19-11)18(10(2)3)7-5-6-15/h8-10H,4-7,15H2,1-3H3. The predicted octanol–water partition coefficient (Wildman–Crippen LogP) is 2.82. The van der Waals surface area contributed by atoms with Crippen molar-refractivity contribution in [1.82, 2.24) is 9.97 Å². The average molecular weight is 278 g/mol. The number of anilines is 1. The molecule has 2 aromatic rings. The molecule has 0 fully saturated rings. The maximum absolute atomic E-state index is 5.64. The molecule has 0 aliphatic rings. The minimum atomic E-state index is 0.412. The lowest BCUT2D eigenvalue weighted by atomic mass is 10.2. The highest BCUT2D eigenvalue weighted by molar-refractivity contribution is 7.18. The lowest BCUT2D eigenvalue weighted by Gasteiger charge is -2.28. The molecular formula is C14H22N4S. The van der Waals surface area contributed by atoms with Gasteiger partial charge in [0.15, 0.2) is 0 Å². The number of aryl methyl sites for hydroxylation is 1.